The van der Waals surface area contributed by atoms with E-state index in [1.165, 1.54) is 12.8 Å². The molecule has 0 unspecified atom stereocenters. The molecule has 0 aromatic carbocycles. The van der Waals surface area contributed by atoms with E-state index < -0.39 is 8.07 Å². The second-order valence-electron chi connectivity index (χ2n) is 7.97. The van der Waals surface area contributed by atoms with Crippen LogP contribution in [0.1, 0.15) is 40.0 Å². The molecule has 1 aliphatic rings. The molecule has 1 rings (SSSR count). The van der Waals surface area contributed by atoms with Gasteiger partial charge in [0.2, 0.25) is 0 Å². The topological polar surface area (TPSA) is 26.3 Å². The van der Waals surface area contributed by atoms with Crippen molar-refractivity contribution >= 4 is 14.0 Å². The predicted molar refractivity (Wildman–Crippen MR) is 88.5 cm³/mol. The van der Waals surface area contributed by atoms with Crippen molar-refractivity contribution in [1.82, 2.24) is 0 Å². The van der Waals surface area contributed by atoms with Crippen LogP contribution in [0.25, 0.3) is 0 Å². The Hall–Kier alpha value is -0.573. The Morgan fingerprint density at radius 1 is 1.30 bits per heavy atom. The van der Waals surface area contributed by atoms with Crippen LogP contribution in [0.2, 0.25) is 25.7 Å². The summed E-state index contributed by atoms with van der Waals surface area (Å²) >= 11 is 0. The first-order valence-corrected chi connectivity index (χ1v) is 11.8. The van der Waals surface area contributed by atoms with Crippen molar-refractivity contribution in [1.29, 1.82) is 0 Å². The summed E-state index contributed by atoms with van der Waals surface area (Å²) < 4.78 is 5.74. The summed E-state index contributed by atoms with van der Waals surface area (Å²) in [5.41, 5.74) is 0. The van der Waals surface area contributed by atoms with Gasteiger partial charge < -0.3 is 4.74 Å². The first kappa shape index (κ1) is 17.5. The van der Waals surface area contributed by atoms with Gasteiger partial charge in [-0.2, -0.15) is 0 Å². The maximum atomic E-state index is 12.0. The Morgan fingerprint density at radius 3 is 2.50 bits per heavy atom. The highest BCUT2D eigenvalue weighted by molar-refractivity contribution is 6.76. The van der Waals surface area contributed by atoms with Gasteiger partial charge in [-0.25, -0.2) is 4.79 Å². The van der Waals surface area contributed by atoms with Crippen molar-refractivity contribution in [3.63, 3.8) is 0 Å². The van der Waals surface area contributed by atoms with Crippen LogP contribution < -0.4 is 0 Å². The van der Waals surface area contributed by atoms with Gasteiger partial charge in [0, 0.05) is 14.1 Å². The minimum atomic E-state index is -1.11. The smallest absolute Gasteiger partial charge is 0.330 e. The van der Waals surface area contributed by atoms with Crippen molar-refractivity contribution in [3.05, 3.63) is 12.2 Å². The van der Waals surface area contributed by atoms with Crippen molar-refractivity contribution in [3.8, 4) is 0 Å². The molecule has 0 saturated heterocycles. The number of rotatable bonds is 5. The quantitative estimate of drug-likeness (QED) is 0.410. The Labute approximate surface area is 126 Å². The molecule has 0 spiro atoms. The van der Waals surface area contributed by atoms with Gasteiger partial charge in [-0.05, 0) is 36.6 Å². The van der Waals surface area contributed by atoms with Gasteiger partial charge in [-0.3, -0.25) is 0 Å². The second-order valence-corrected chi connectivity index (χ2v) is 13.5. The van der Waals surface area contributed by atoms with Crippen LogP contribution in [0.15, 0.2) is 12.2 Å². The van der Waals surface area contributed by atoms with E-state index in [1.54, 1.807) is 6.08 Å². The first-order chi connectivity index (χ1) is 9.19. The molecule has 0 amide bonds. The van der Waals surface area contributed by atoms with Crippen LogP contribution in [0.3, 0.4) is 0 Å². The molecule has 0 heterocycles. The Kier molecular flexibility index (Phi) is 6.50. The minimum Gasteiger partial charge on any atom is -0.459 e. The lowest BCUT2D eigenvalue weighted by Crippen LogP contribution is -2.35. The zero-order chi connectivity index (χ0) is 15.3. The first-order valence-electron chi connectivity index (χ1n) is 8.06. The molecule has 1 saturated carbocycles. The molecule has 1 fully saturated rings. The second kappa shape index (κ2) is 7.44. The molecular weight excluding hydrogens is 264 g/mol. The molecule has 20 heavy (non-hydrogen) atoms. The van der Waals surface area contributed by atoms with E-state index >= 15 is 0 Å². The minimum absolute atomic E-state index is 0.114. The van der Waals surface area contributed by atoms with E-state index in [9.17, 15) is 4.79 Å². The molecule has 116 valence electrons. The number of carbonyl (C=O) groups is 1. The summed E-state index contributed by atoms with van der Waals surface area (Å²) in [6.07, 6.45) is 7.25. The highest BCUT2D eigenvalue weighted by atomic mass is 28.3. The summed E-state index contributed by atoms with van der Waals surface area (Å²) in [5.74, 6) is 1.65. The van der Waals surface area contributed by atoms with Gasteiger partial charge in [0.15, 0.2) is 0 Å². The highest BCUT2D eigenvalue weighted by Crippen LogP contribution is 2.35. The number of carbonyl (C=O) groups excluding carboxylic acids is 1. The standard InChI is InChI=1S/C17H32O2Si/c1-13(2)15-10-9-14(3)12-16(15)19-17(18)8-7-11-20(4,5)6/h7-8,13-16H,9-12H2,1-6H3/t14-,15+,16-/m0/s1. The van der Waals surface area contributed by atoms with Gasteiger partial charge in [0.05, 0.1) is 0 Å². The third kappa shape index (κ3) is 6.25. The van der Waals surface area contributed by atoms with Crippen LogP contribution in [0, 0.1) is 17.8 Å². The fraction of sp³-hybridized carbons (Fsp3) is 0.824. The normalized spacial score (nSPS) is 28.1. The number of hydrogen-bond acceptors (Lipinski definition) is 2. The lowest BCUT2D eigenvalue weighted by molar-refractivity contribution is -0.149. The third-order valence-electron chi connectivity index (χ3n) is 4.21. The zero-order valence-electron chi connectivity index (χ0n) is 14.1. The van der Waals surface area contributed by atoms with Crippen LogP contribution in [0.5, 0.6) is 0 Å². The number of ether oxygens (including phenoxy) is 1. The van der Waals surface area contributed by atoms with E-state index in [1.807, 2.05) is 6.08 Å². The maximum Gasteiger partial charge on any atom is 0.330 e. The Balaban J connectivity index is 2.53. The molecule has 0 aromatic rings. The van der Waals surface area contributed by atoms with E-state index in [0.29, 0.717) is 17.8 Å². The molecule has 0 radical (unpaired) electrons. The van der Waals surface area contributed by atoms with Gasteiger partial charge in [0.1, 0.15) is 6.10 Å². The third-order valence-corrected chi connectivity index (χ3v) is 5.67. The van der Waals surface area contributed by atoms with Crippen molar-refractivity contribution in [2.75, 3.05) is 0 Å². The lowest BCUT2D eigenvalue weighted by Gasteiger charge is -2.36. The molecule has 1 aliphatic carbocycles. The average Bonchev–Trinajstić information content (AvgIpc) is 2.26. The summed E-state index contributed by atoms with van der Waals surface area (Å²) in [6, 6.07) is 1.04. The van der Waals surface area contributed by atoms with E-state index in [-0.39, 0.29) is 12.1 Å². The van der Waals surface area contributed by atoms with Crippen molar-refractivity contribution in [2.24, 2.45) is 17.8 Å². The van der Waals surface area contributed by atoms with E-state index in [2.05, 4.69) is 40.4 Å². The van der Waals surface area contributed by atoms with Gasteiger partial charge in [0.25, 0.3) is 0 Å². The molecule has 0 aromatic heterocycles. The number of allylic oxidation sites excluding steroid dienone is 1. The fourth-order valence-electron chi connectivity index (χ4n) is 2.95. The SMILES string of the molecule is CC(C)[C@H]1CC[C@H](C)C[C@@H]1OC(=O)C=CC[Si](C)(C)C. The monoisotopic (exact) mass is 296 g/mol. The number of hydrogen-bond donors (Lipinski definition) is 0. The molecule has 0 bridgehead atoms. The molecule has 0 N–H and O–H groups in total. The molecule has 0 aliphatic heterocycles. The predicted octanol–water partition coefficient (Wildman–Crippen LogP) is 4.88. The van der Waals surface area contributed by atoms with Crippen molar-refractivity contribution < 1.29 is 9.53 Å². The van der Waals surface area contributed by atoms with Gasteiger partial charge in [-0.1, -0.05) is 52.9 Å². The average molecular weight is 297 g/mol. The highest BCUT2D eigenvalue weighted by Gasteiger charge is 2.32. The van der Waals surface area contributed by atoms with Crippen LogP contribution in [-0.4, -0.2) is 20.1 Å². The fourth-order valence-corrected chi connectivity index (χ4v) is 3.77. The zero-order valence-corrected chi connectivity index (χ0v) is 15.1. The molecular formula is C17H32O2Si. The largest absolute Gasteiger partial charge is 0.459 e. The van der Waals surface area contributed by atoms with E-state index in [4.69, 9.17) is 4.74 Å². The van der Waals surface area contributed by atoms with Crippen LogP contribution >= 0.6 is 0 Å². The van der Waals surface area contributed by atoms with Gasteiger partial charge >= 0.3 is 5.97 Å². The molecule has 3 atom stereocenters. The maximum absolute atomic E-state index is 12.0. The summed E-state index contributed by atoms with van der Waals surface area (Å²) in [6.45, 7) is 13.7. The Bertz CT molecular complexity index is 341. The Morgan fingerprint density at radius 2 is 1.95 bits per heavy atom. The van der Waals surface area contributed by atoms with Crippen LogP contribution in [-0.2, 0) is 9.53 Å². The summed E-state index contributed by atoms with van der Waals surface area (Å²) in [4.78, 5) is 12.0. The summed E-state index contributed by atoms with van der Waals surface area (Å²) in [7, 11) is -1.11. The van der Waals surface area contributed by atoms with Crippen LogP contribution in [0.4, 0.5) is 0 Å². The van der Waals surface area contributed by atoms with Gasteiger partial charge in [-0.15, -0.1) is 0 Å². The lowest BCUT2D eigenvalue weighted by atomic mass is 9.75. The number of esters is 1. The van der Waals surface area contributed by atoms with E-state index in [0.717, 1.165) is 12.5 Å². The summed E-state index contributed by atoms with van der Waals surface area (Å²) in [5, 5.41) is 0. The van der Waals surface area contributed by atoms with Crippen molar-refractivity contribution in [2.45, 2.75) is 71.8 Å². The molecule has 2 nitrogen and oxygen atoms in total. The molecule has 3 heteroatoms.